The first-order valence-electron chi connectivity index (χ1n) is 7.17. The van der Waals surface area contributed by atoms with E-state index in [0.29, 0.717) is 10.6 Å². The maximum Gasteiger partial charge on any atom is 0.223 e. The van der Waals surface area contributed by atoms with Crippen molar-refractivity contribution in [2.24, 2.45) is 0 Å². The summed E-state index contributed by atoms with van der Waals surface area (Å²) in [5.74, 6) is -0.205. The molecular weight excluding hydrogens is 320 g/mol. The van der Waals surface area contributed by atoms with Gasteiger partial charge in [0.05, 0.1) is 18.6 Å². The zero-order valence-electron chi connectivity index (χ0n) is 12.5. The van der Waals surface area contributed by atoms with Crippen molar-refractivity contribution in [3.8, 4) is 0 Å². The average Bonchev–Trinajstić information content (AvgIpc) is 2.96. The lowest BCUT2D eigenvalue weighted by molar-refractivity contribution is -0.123. The van der Waals surface area contributed by atoms with Crippen LogP contribution in [0.4, 0.5) is 0 Å². The molecule has 0 saturated carbocycles. The van der Waals surface area contributed by atoms with E-state index in [1.807, 2.05) is 13.1 Å². The van der Waals surface area contributed by atoms with Crippen molar-refractivity contribution in [3.05, 3.63) is 50.9 Å². The van der Waals surface area contributed by atoms with E-state index >= 15 is 0 Å². The highest BCUT2D eigenvalue weighted by Crippen LogP contribution is 2.22. The first kappa shape index (κ1) is 16.9. The number of amides is 1. The number of nitrogens with one attached hydrogen (secondary N) is 1. The molecule has 0 aliphatic carbocycles. The van der Waals surface area contributed by atoms with Crippen molar-refractivity contribution in [2.75, 3.05) is 0 Å². The van der Waals surface area contributed by atoms with E-state index in [9.17, 15) is 9.90 Å². The quantitative estimate of drug-likeness (QED) is 0.845. The summed E-state index contributed by atoms with van der Waals surface area (Å²) >= 11 is 7.40. The minimum absolute atomic E-state index is 0.0119. The second-order valence-electron chi connectivity index (χ2n) is 5.08. The van der Waals surface area contributed by atoms with Crippen molar-refractivity contribution < 1.29 is 9.90 Å². The zero-order valence-corrected chi connectivity index (χ0v) is 14.1. The van der Waals surface area contributed by atoms with Gasteiger partial charge in [-0.3, -0.25) is 4.79 Å². The van der Waals surface area contributed by atoms with Gasteiger partial charge in [-0.1, -0.05) is 30.7 Å². The minimum Gasteiger partial charge on any atom is -0.388 e. The van der Waals surface area contributed by atoms with Crippen molar-refractivity contribution in [2.45, 2.75) is 38.8 Å². The van der Waals surface area contributed by atoms with Crippen molar-refractivity contribution in [3.63, 3.8) is 0 Å². The molecule has 4 nitrogen and oxygen atoms in total. The van der Waals surface area contributed by atoms with E-state index in [4.69, 9.17) is 11.6 Å². The molecule has 0 spiro atoms. The first-order valence-corrected chi connectivity index (χ1v) is 8.36. The molecule has 2 unspecified atom stereocenters. The zero-order chi connectivity index (χ0) is 16.1. The van der Waals surface area contributed by atoms with Gasteiger partial charge >= 0.3 is 0 Å². The number of carbonyl (C=O) groups is 1. The second-order valence-corrected chi connectivity index (χ2v) is 6.66. The Morgan fingerprint density at radius 1 is 1.41 bits per heavy atom. The number of aryl methyl sites for hydroxylation is 1. The third-order valence-electron chi connectivity index (χ3n) is 3.30. The van der Waals surface area contributed by atoms with Gasteiger partial charge < -0.3 is 10.4 Å². The number of carbonyl (C=O) groups excluding carboxylic acids is 1. The molecule has 2 rings (SSSR count). The van der Waals surface area contributed by atoms with Gasteiger partial charge in [-0.25, -0.2) is 4.98 Å². The molecule has 1 aromatic carbocycles. The number of rotatable bonds is 6. The lowest BCUT2D eigenvalue weighted by Crippen LogP contribution is -2.27. The Morgan fingerprint density at radius 3 is 2.68 bits per heavy atom. The van der Waals surface area contributed by atoms with Gasteiger partial charge in [0.1, 0.15) is 5.01 Å². The molecule has 6 heteroatoms. The number of aliphatic hydroxyl groups is 1. The number of benzene rings is 1. The van der Waals surface area contributed by atoms with Gasteiger partial charge in [0.2, 0.25) is 5.91 Å². The lowest BCUT2D eigenvalue weighted by atomic mass is 10.1. The number of thiazole rings is 1. The normalized spacial score (nSPS) is 13.6. The molecule has 2 atom stereocenters. The van der Waals surface area contributed by atoms with E-state index in [2.05, 4.69) is 17.2 Å². The molecule has 118 valence electrons. The predicted octanol–water partition coefficient (Wildman–Crippen LogP) is 3.66. The summed E-state index contributed by atoms with van der Waals surface area (Å²) in [6, 6.07) is 6.68. The summed E-state index contributed by atoms with van der Waals surface area (Å²) < 4.78 is 0. The molecule has 1 amide bonds. The summed E-state index contributed by atoms with van der Waals surface area (Å²) in [7, 11) is 0. The van der Waals surface area contributed by atoms with Gasteiger partial charge in [0.15, 0.2) is 0 Å². The van der Waals surface area contributed by atoms with Crippen LogP contribution in [-0.2, 0) is 11.2 Å². The number of hydrogen-bond donors (Lipinski definition) is 2. The molecule has 1 aromatic heterocycles. The fraction of sp³-hybridized carbons (Fsp3) is 0.375. The summed E-state index contributed by atoms with van der Waals surface area (Å²) in [6.07, 6.45) is 1.95. The molecule has 2 aromatic rings. The topological polar surface area (TPSA) is 62.2 Å². The fourth-order valence-corrected chi connectivity index (χ4v) is 3.01. The number of aliphatic hydroxyl groups excluding tert-OH is 1. The van der Waals surface area contributed by atoms with Crippen LogP contribution < -0.4 is 5.32 Å². The van der Waals surface area contributed by atoms with Crippen molar-refractivity contribution in [1.82, 2.24) is 10.3 Å². The standard InChI is InChI=1S/C16H19ClN2O2S/c1-3-13-9-18-16(22-13)10(2)19-15(21)8-14(20)11-4-6-12(17)7-5-11/h4-7,9-10,14,20H,3,8H2,1-2H3,(H,19,21). The van der Waals surface area contributed by atoms with Crippen LogP contribution in [-0.4, -0.2) is 16.0 Å². The van der Waals surface area contributed by atoms with Gasteiger partial charge in [0.25, 0.3) is 0 Å². The highest BCUT2D eigenvalue weighted by Gasteiger charge is 2.17. The summed E-state index contributed by atoms with van der Waals surface area (Å²) in [6.45, 7) is 3.97. The van der Waals surface area contributed by atoms with Gasteiger partial charge in [-0.2, -0.15) is 0 Å². The number of aromatic nitrogens is 1. The maximum atomic E-state index is 12.0. The minimum atomic E-state index is -0.841. The summed E-state index contributed by atoms with van der Waals surface area (Å²) in [4.78, 5) is 17.5. The van der Waals surface area contributed by atoms with E-state index in [0.717, 1.165) is 11.4 Å². The highest BCUT2D eigenvalue weighted by atomic mass is 35.5. The van der Waals surface area contributed by atoms with Crippen LogP contribution in [0.25, 0.3) is 0 Å². The molecule has 0 fully saturated rings. The van der Waals surface area contributed by atoms with E-state index < -0.39 is 6.10 Å². The predicted molar refractivity (Wildman–Crippen MR) is 89.1 cm³/mol. The van der Waals surface area contributed by atoms with Crippen molar-refractivity contribution in [1.29, 1.82) is 0 Å². The van der Waals surface area contributed by atoms with Crippen LogP contribution in [0.5, 0.6) is 0 Å². The Kier molecular flexibility index (Phi) is 5.94. The number of hydrogen-bond acceptors (Lipinski definition) is 4. The molecular formula is C16H19ClN2O2S. The van der Waals surface area contributed by atoms with E-state index in [-0.39, 0.29) is 18.4 Å². The Labute approximate surface area is 139 Å². The van der Waals surface area contributed by atoms with Crippen LogP contribution in [0.2, 0.25) is 5.02 Å². The Morgan fingerprint density at radius 2 is 2.09 bits per heavy atom. The molecule has 0 aliphatic rings. The Balaban J connectivity index is 1.90. The van der Waals surface area contributed by atoms with Crippen LogP contribution >= 0.6 is 22.9 Å². The molecule has 1 heterocycles. The fourth-order valence-electron chi connectivity index (χ4n) is 2.03. The molecule has 22 heavy (non-hydrogen) atoms. The molecule has 0 radical (unpaired) electrons. The molecule has 0 saturated heterocycles. The van der Waals surface area contributed by atoms with Crippen LogP contribution in [0, 0.1) is 0 Å². The third-order valence-corrected chi connectivity index (χ3v) is 4.88. The SMILES string of the molecule is CCc1cnc(C(C)NC(=O)CC(O)c2ccc(Cl)cc2)s1. The van der Waals surface area contributed by atoms with E-state index in [1.165, 1.54) is 4.88 Å². The smallest absolute Gasteiger partial charge is 0.223 e. The van der Waals surface area contributed by atoms with Crippen molar-refractivity contribution >= 4 is 28.8 Å². The van der Waals surface area contributed by atoms with Gasteiger partial charge in [0, 0.05) is 16.1 Å². The molecule has 2 N–H and O–H groups in total. The second kappa shape index (κ2) is 7.72. The van der Waals surface area contributed by atoms with Gasteiger partial charge in [-0.15, -0.1) is 11.3 Å². The molecule has 0 bridgehead atoms. The lowest BCUT2D eigenvalue weighted by Gasteiger charge is -2.14. The largest absolute Gasteiger partial charge is 0.388 e. The van der Waals surface area contributed by atoms with Gasteiger partial charge in [-0.05, 0) is 31.0 Å². The van der Waals surface area contributed by atoms with E-state index in [1.54, 1.807) is 35.6 Å². The van der Waals surface area contributed by atoms with Crippen LogP contribution in [0.15, 0.2) is 30.5 Å². The maximum absolute atomic E-state index is 12.0. The number of nitrogens with zero attached hydrogens (tertiary/aromatic N) is 1. The summed E-state index contributed by atoms with van der Waals surface area (Å²) in [5, 5.41) is 14.4. The Hall–Kier alpha value is -1.43. The highest BCUT2D eigenvalue weighted by molar-refractivity contribution is 7.11. The Bertz CT molecular complexity index is 627. The summed E-state index contributed by atoms with van der Waals surface area (Å²) in [5.41, 5.74) is 0.676. The third kappa shape index (κ3) is 4.53. The number of halogens is 1. The monoisotopic (exact) mass is 338 g/mol. The van der Waals surface area contributed by atoms with Crippen LogP contribution in [0.3, 0.4) is 0 Å². The average molecular weight is 339 g/mol. The van der Waals surface area contributed by atoms with Crippen LogP contribution in [0.1, 0.15) is 47.9 Å². The first-order chi connectivity index (χ1) is 10.5. The molecule has 0 aliphatic heterocycles.